The molecule has 158 valence electrons. The summed E-state index contributed by atoms with van der Waals surface area (Å²) in [5, 5.41) is 6.86. The Labute approximate surface area is 193 Å². The first-order valence-corrected chi connectivity index (χ1v) is 9.87. The zero-order valence-electron chi connectivity index (χ0n) is 16.4. The first-order chi connectivity index (χ1) is 13.7. The number of aliphatic imine (C=N–C) groups is 1. The van der Waals surface area contributed by atoms with Gasteiger partial charge in [-0.2, -0.15) is 0 Å². The number of benzene rings is 1. The summed E-state index contributed by atoms with van der Waals surface area (Å²) in [5.41, 5.74) is 1.06. The molecule has 0 radical (unpaired) electrons. The molecule has 1 saturated heterocycles. The zero-order valence-corrected chi connectivity index (χ0v) is 19.5. The number of halogens is 2. The van der Waals surface area contributed by atoms with Crippen LogP contribution in [-0.4, -0.2) is 56.0 Å². The maximum absolute atomic E-state index is 12.1. The van der Waals surface area contributed by atoms with E-state index in [9.17, 15) is 4.79 Å². The van der Waals surface area contributed by atoms with E-state index in [4.69, 9.17) is 16.0 Å². The SMILES string of the molecule is CCNC(=NCC(=O)NCc1ccco1)N1CCN(c2ccccc2Cl)CC1.I. The Morgan fingerprint density at radius 3 is 2.55 bits per heavy atom. The number of amides is 1. The number of guanidine groups is 1. The molecule has 2 N–H and O–H groups in total. The standard InChI is InChI=1S/C20H26ClN5O2.HI/c1-2-22-20(24-15-19(27)23-14-16-6-5-13-28-16)26-11-9-25(10-12-26)18-8-4-3-7-17(18)21;/h3-8,13H,2,9-12,14-15H2,1H3,(H,22,24)(H,23,27);1H. The number of anilines is 1. The van der Waals surface area contributed by atoms with E-state index in [0.717, 1.165) is 55.2 Å². The van der Waals surface area contributed by atoms with Crippen LogP contribution in [0.1, 0.15) is 12.7 Å². The van der Waals surface area contributed by atoms with E-state index in [1.807, 2.05) is 37.3 Å². The number of hydrogen-bond acceptors (Lipinski definition) is 4. The average Bonchev–Trinajstić information content (AvgIpc) is 3.24. The lowest BCUT2D eigenvalue weighted by Crippen LogP contribution is -2.52. The highest BCUT2D eigenvalue weighted by molar-refractivity contribution is 14.0. The number of rotatable bonds is 6. The number of carbonyl (C=O) groups excluding carboxylic acids is 1. The Morgan fingerprint density at radius 1 is 1.14 bits per heavy atom. The maximum atomic E-state index is 12.1. The molecule has 29 heavy (non-hydrogen) atoms. The Hall–Kier alpha value is -1.94. The summed E-state index contributed by atoms with van der Waals surface area (Å²) in [5.74, 6) is 1.34. The molecule has 3 rings (SSSR count). The number of furan rings is 1. The van der Waals surface area contributed by atoms with Gasteiger partial charge in [-0.05, 0) is 31.2 Å². The molecule has 1 fully saturated rings. The van der Waals surface area contributed by atoms with E-state index in [1.54, 1.807) is 12.3 Å². The van der Waals surface area contributed by atoms with Crippen molar-refractivity contribution in [2.75, 3.05) is 44.2 Å². The molecule has 1 aromatic heterocycles. The summed E-state index contributed by atoms with van der Waals surface area (Å²) in [6.07, 6.45) is 1.59. The quantitative estimate of drug-likeness (QED) is 0.341. The van der Waals surface area contributed by atoms with Gasteiger partial charge in [-0.1, -0.05) is 23.7 Å². The number of nitrogens with one attached hydrogen (secondary N) is 2. The van der Waals surface area contributed by atoms with Gasteiger partial charge in [-0.15, -0.1) is 24.0 Å². The van der Waals surface area contributed by atoms with Crippen LogP contribution < -0.4 is 15.5 Å². The fourth-order valence-electron chi connectivity index (χ4n) is 3.09. The lowest BCUT2D eigenvalue weighted by Gasteiger charge is -2.38. The highest BCUT2D eigenvalue weighted by Crippen LogP contribution is 2.25. The maximum Gasteiger partial charge on any atom is 0.242 e. The predicted molar refractivity (Wildman–Crippen MR) is 127 cm³/mol. The lowest BCUT2D eigenvalue weighted by molar-refractivity contribution is -0.119. The van der Waals surface area contributed by atoms with Gasteiger partial charge in [0.25, 0.3) is 0 Å². The third-order valence-corrected chi connectivity index (χ3v) is 4.84. The van der Waals surface area contributed by atoms with E-state index in [0.29, 0.717) is 6.54 Å². The number of nitrogens with zero attached hydrogens (tertiary/aromatic N) is 3. The van der Waals surface area contributed by atoms with Crippen molar-refractivity contribution in [2.24, 2.45) is 4.99 Å². The molecular weight excluding hydrogens is 505 g/mol. The highest BCUT2D eigenvalue weighted by Gasteiger charge is 2.21. The summed E-state index contributed by atoms with van der Waals surface area (Å²) >= 11 is 6.32. The van der Waals surface area contributed by atoms with Crippen molar-refractivity contribution < 1.29 is 9.21 Å². The monoisotopic (exact) mass is 531 g/mol. The minimum absolute atomic E-state index is 0. The minimum atomic E-state index is -0.137. The number of hydrogen-bond donors (Lipinski definition) is 2. The van der Waals surface area contributed by atoms with Gasteiger partial charge >= 0.3 is 0 Å². The Balaban J connectivity index is 0.00000300. The summed E-state index contributed by atoms with van der Waals surface area (Å²) in [4.78, 5) is 21.0. The molecule has 1 aliphatic rings. The Bertz CT molecular complexity index is 792. The first kappa shape index (κ1) is 23.3. The molecule has 0 aliphatic carbocycles. The summed E-state index contributed by atoms with van der Waals surface area (Å²) < 4.78 is 5.21. The van der Waals surface area contributed by atoms with Gasteiger partial charge in [-0.25, -0.2) is 4.99 Å². The molecule has 1 aromatic carbocycles. The van der Waals surface area contributed by atoms with E-state index >= 15 is 0 Å². The van der Waals surface area contributed by atoms with Crippen LogP contribution in [0.3, 0.4) is 0 Å². The van der Waals surface area contributed by atoms with Crippen molar-refractivity contribution >= 4 is 53.1 Å². The minimum Gasteiger partial charge on any atom is -0.467 e. The average molecular weight is 532 g/mol. The van der Waals surface area contributed by atoms with Crippen LogP contribution in [0.15, 0.2) is 52.1 Å². The van der Waals surface area contributed by atoms with Crippen molar-refractivity contribution in [2.45, 2.75) is 13.5 Å². The van der Waals surface area contributed by atoms with Crippen LogP contribution in [0.2, 0.25) is 5.02 Å². The van der Waals surface area contributed by atoms with Crippen molar-refractivity contribution in [3.63, 3.8) is 0 Å². The lowest BCUT2D eigenvalue weighted by atomic mass is 10.2. The van der Waals surface area contributed by atoms with Gasteiger partial charge in [-0.3, -0.25) is 4.79 Å². The van der Waals surface area contributed by atoms with Crippen molar-refractivity contribution in [1.82, 2.24) is 15.5 Å². The molecule has 7 nitrogen and oxygen atoms in total. The van der Waals surface area contributed by atoms with Crippen LogP contribution in [-0.2, 0) is 11.3 Å². The fraction of sp³-hybridized carbons (Fsp3) is 0.400. The number of piperazine rings is 1. The fourth-order valence-corrected chi connectivity index (χ4v) is 3.35. The van der Waals surface area contributed by atoms with E-state index < -0.39 is 0 Å². The normalized spacial score (nSPS) is 14.3. The first-order valence-electron chi connectivity index (χ1n) is 9.49. The van der Waals surface area contributed by atoms with Gasteiger partial charge in [0.2, 0.25) is 5.91 Å². The van der Waals surface area contributed by atoms with Crippen LogP contribution in [0.4, 0.5) is 5.69 Å². The van der Waals surface area contributed by atoms with Crippen molar-refractivity contribution in [3.8, 4) is 0 Å². The van der Waals surface area contributed by atoms with Crippen molar-refractivity contribution in [3.05, 3.63) is 53.4 Å². The molecular formula is C20H27ClIN5O2. The summed E-state index contributed by atoms with van der Waals surface area (Å²) in [7, 11) is 0. The number of para-hydroxylation sites is 1. The van der Waals surface area contributed by atoms with Gasteiger partial charge in [0.15, 0.2) is 5.96 Å². The van der Waals surface area contributed by atoms with E-state index in [-0.39, 0.29) is 36.4 Å². The van der Waals surface area contributed by atoms with Gasteiger partial charge < -0.3 is 24.9 Å². The highest BCUT2D eigenvalue weighted by atomic mass is 127. The second-order valence-electron chi connectivity index (χ2n) is 6.45. The molecule has 2 heterocycles. The topological polar surface area (TPSA) is 73.1 Å². The molecule has 2 aromatic rings. The molecule has 1 amide bonds. The smallest absolute Gasteiger partial charge is 0.242 e. The largest absolute Gasteiger partial charge is 0.467 e. The molecule has 1 aliphatic heterocycles. The Kier molecular flexibility index (Phi) is 9.59. The summed E-state index contributed by atoms with van der Waals surface area (Å²) in [6.45, 7) is 6.53. The second kappa shape index (κ2) is 11.9. The molecule has 0 atom stereocenters. The number of carbonyl (C=O) groups is 1. The third-order valence-electron chi connectivity index (χ3n) is 4.52. The van der Waals surface area contributed by atoms with Gasteiger partial charge in [0, 0.05) is 32.7 Å². The van der Waals surface area contributed by atoms with E-state index in [1.165, 1.54) is 0 Å². The van der Waals surface area contributed by atoms with Crippen LogP contribution in [0, 0.1) is 0 Å². The summed E-state index contributed by atoms with van der Waals surface area (Å²) in [6, 6.07) is 11.5. The molecule has 0 bridgehead atoms. The second-order valence-corrected chi connectivity index (χ2v) is 6.86. The predicted octanol–water partition coefficient (Wildman–Crippen LogP) is 2.95. The molecule has 9 heteroatoms. The van der Waals surface area contributed by atoms with Crippen molar-refractivity contribution in [1.29, 1.82) is 0 Å². The molecule has 0 spiro atoms. The zero-order chi connectivity index (χ0) is 19.8. The van der Waals surface area contributed by atoms with Crippen LogP contribution in [0.5, 0.6) is 0 Å². The third kappa shape index (κ3) is 6.81. The van der Waals surface area contributed by atoms with Crippen LogP contribution >= 0.6 is 35.6 Å². The van der Waals surface area contributed by atoms with Gasteiger partial charge in [0.05, 0.1) is 23.5 Å². The van der Waals surface area contributed by atoms with Gasteiger partial charge in [0.1, 0.15) is 12.3 Å². The molecule has 0 unspecified atom stereocenters. The van der Waals surface area contributed by atoms with E-state index in [2.05, 4.69) is 25.4 Å². The Morgan fingerprint density at radius 2 is 1.90 bits per heavy atom. The van der Waals surface area contributed by atoms with Crippen LogP contribution in [0.25, 0.3) is 0 Å². The molecule has 0 saturated carbocycles.